The molecular formula is C13H17N3O3. The van der Waals surface area contributed by atoms with Crippen molar-refractivity contribution >= 4 is 17.3 Å². The molecule has 0 aliphatic heterocycles. The van der Waals surface area contributed by atoms with Gasteiger partial charge in [0.05, 0.1) is 4.92 Å². The van der Waals surface area contributed by atoms with Crippen molar-refractivity contribution in [1.82, 2.24) is 5.32 Å². The number of hydrogen-bond acceptors (Lipinski definition) is 4. The van der Waals surface area contributed by atoms with Gasteiger partial charge in [0.15, 0.2) is 0 Å². The van der Waals surface area contributed by atoms with Crippen molar-refractivity contribution in [1.29, 1.82) is 0 Å². The van der Waals surface area contributed by atoms with Crippen molar-refractivity contribution in [3.05, 3.63) is 33.9 Å². The molecule has 1 aromatic carbocycles. The van der Waals surface area contributed by atoms with Crippen LogP contribution in [0.2, 0.25) is 0 Å². The number of nitro groups is 1. The number of anilines is 1. The third-order valence-corrected chi connectivity index (χ3v) is 3.07. The number of carbonyl (C=O) groups excluding carboxylic acids is 1. The molecule has 102 valence electrons. The van der Waals surface area contributed by atoms with E-state index in [0.717, 1.165) is 19.4 Å². The summed E-state index contributed by atoms with van der Waals surface area (Å²) in [5.74, 6) is 0.389. The second kappa shape index (κ2) is 5.69. The topological polar surface area (TPSA) is 84.3 Å². The third-order valence-electron chi connectivity index (χ3n) is 3.07. The SMILES string of the molecule is CCNC(=O)c1ccc([N+](=O)[O-])c(NCC2CC2)c1. The first-order valence-electron chi connectivity index (χ1n) is 6.42. The maximum absolute atomic E-state index is 11.7. The first-order chi connectivity index (χ1) is 9.11. The molecule has 0 spiro atoms. The lowest BCUT2D eigenvalue weighted by atomic mass is 10.1. The lowest BCUT2D eigenvalue weighted by Crippen LogP contribution is -2.22. The molecule has 2 rings (SSSR count). The number of rotatable bonds is 6. The summed E-state index contributed by atoms with van der Waals surface area (Å²) in [4.78, 5) is 22.2. The minimum atomic E-state index is -0.434. The molecule has 1 saturated carbocycles. The smallest absolute Gasteiger partial charge is 0.292 e. The standard InChI is InChI=1S/C13H17N3O3/c1-2-14-13(17)10-5-6-12(16(18)19)11(7-10)15-8-9-3-4-9/h5-7,9,15H,2-4,8H2,1H3,(H,14,17). The summed E-state index contributed by atoms with van der Waals surface area (Å²) in [6.07, 6.45) is 2.33. The van der Waals surface area contributed by atoms with E-state index in [1.807, 2.05) is 6.92 Å². The summed E-state index contributed by atoms with van der Waals surface area (Å²) >= 11 is 0. The molecule has 1 aliphatic rings. The lowest BCUT2D eigenvalue weighted by molar-refractivity contribution is -0.384. The number of hydrogen-bond donors (Lipinski definition) is 2. The summed E-state index contributed by atoms with van der Waals surface area (Å²) in [7, 11) is 0. The molecule has 1 amide bonds. The predicted molar refractivity (Wildman–Crippen MR) is 72.3 cm³/mol. The Morgan fingerprint density at radius 2 is 2.21 bits per heavy atom. The van der Waals surface area contributed by atoms with Gasteiger partial charge >= 0.3 is 0 Å². The van der Waals surface area contributed by atoms with Crippen molar-refractivity contribution in [3.8, 4) is 0 Å². The quantitative estimate of drug-likeness (QED) is 0.608. The highest BCUT2D eigenvalue weighted by molar-refractivity contribution is 5.95. The monoisotopic (exact) mass is 263 g/mol. The van der Waals surface area contributed by atoms with E-state index < -0.39 is 4.92 Å². The van der Waals surface area contributed by atoms with Crippen LogP contribution in [0.15, 0.2) is 18.2 Å². The molecule has 1 aromatic rings. The van der Waals surface area contributed by atoms with Gasteiger partial charge in [0, 0.05) is 24.7 Å². The van der Waals surface area contributed by atoms with Crippen LogP contribution >= 0.6 is 0 Å². The second-order valence-corrected chi connectivity index (χ2v) is 4.67. The van der Waals surface area contributed by atoms with Gasteiger partial charge in [-0.25, -0.2) is 0 Å². The molecule has 0 bridgehead atoms. The maximum atomic E-state index is 11.7. The Balaban J connectivity index is 2.20. The zero-order chi connectivity index (χ0) is 13.8. The molecular weight excluding hydrogens is 246 g/mol. The van der Waals surface area contributed by atoms with E-state index in [9.17, 15) is 14.9 Å². The van der Waals surface area contributed by atoms with E-state index >= 15 is 0 Å². The maximum Gasteiger partial charge on any atom is 0.292 e. The van der Waals surface area contributed by atoms with E-state index in [1.165, 1.54) is 12.1 Å². The molecule has 6 heteroatoms. The Morgan fingerprint density at radius 1 is 1.47 bits per heavy atom. The lowest BCUT2D eigenvalue weighted by Gasteiger charge is -2.08. The number of benzene rings is 1. The first kappa shape index (κ1) is 13.3. The summed E-state index contributed by atoms with van der Waals surface area (Å²) in [5, 5.41) is 16.7. The van der Waals surface area contributed by atoms with Crippen LogP contribution < -0.4 is 10.6 Å². The summed E-state index contributed by atoms with van der Waals surface area (Å²) < 4.78 is 0. The third kappa shape index (κ3) is 3.43. The number of nitrogens with one attached hydrogen (secondary N) is 2. The fraction of sp³-hybridized carbons (Fsp3) is 0.462. The Morgan fingerprint density at radius 3 is 2.79 bits per heavy atom. The molecule has 6 nitrogen and oxygen atoms in total. The second-order valence-electron chi connectivity index (χ2n) is 4.67. The van der Waals surface area contributed by atoms with Crippen LogP contribution in [0.5, 0.6) is 0 Å². The highest BCUT2D eigenvalue weighted by atomic mass is 16.6. The fourth-order valence-corrected chi connectivity index (χ4v) is 1.82. The summed E-state index contributed by atoms with van der Waals surface area (Å²) in [5.41, 5.74) is 0.861. The van der Waals surface area contributed by atoms with Gasteiger partial charge in [0.1, 0.15) is 5.69 Å². The van der Waals surface area contributed by atoms with Crippen LogP contribution in [-0.2, 0) is 0 Å². The van der Waals surface area contributed by atoms with Gasteiger partial charge in [0.2, 0.25) is 0 Å². The highest BCUT2D eigenvalue weighted by Gasteiger charge is 2.23. The Kier molecular flexibility index (Phi) is 3.99. The van der Waals surface area contributed by atoms with Gasteiger partial charge in [0.25, 0.3) is 11.6 Å². The average Bonchev–Trinajstić information content (AvgIpc) is 3.20. The van der Waals surface area contributed by atoms with Crippen LogP contribution in [-0.4, -0.2) is 23.9 Å². The molecule has 1 aliphatic carbocycles. The average molecular weight is 263 g/mol. The molecule has 0 saturated heterocycles. The van der Waals surface area contributed by atoms with Crippen molar-refractivity contribution in [2.24, 2.45) is 5.92 Å². The Bertz CT molecular complexity index is 498. The molecule has 1 fully saturated rings. The van der Waals surface area contributed by atoms with Crippen molar-refractivity contribution in [3.63, 3.8) is 0 Å². The summed E-state index contributed by atoms with van der Waals surface area (Å²) in [6, 6.07) is 4.40. The van der Waals surface area contributed by atoms with Crippen LogP contribution in [0.1, 0.15) is 30.1 Å². The van der Waals surface area contributed by atoms with Crippen molar-refractivity contribution in [2.45, 2.75) is 19.8 Å². The molecule has 0 unspecified atom stereocenters. The molecule has 0 radical (unpaired) electrons. The Hall–Kier alpha value is -2.11. The van der Waals surface area contributed by atoms with Gasteiger partial charge in [-0.1, -0.05) is 0 Å². The number of nitro benzene ring substituents is 1. The largest absolute Gasteiger partial charge is 0.379 e. The molecule has 2 N–H and O–H groups in total. The van der Waals surface area contributed by atoms with E-state index in [2.05, 4.69) is 10.6 Å². The van der Waals surface area contributed by atoms with Gasteiger partial charge in [-0.15, -0.1) is 0 Å². The van der Waals surface area contributed by atoms with E-state index in [0.29, 0.717) is 23.7 Å². The minimum Gasteiger partial charge on any atom is -0.379 e. The van der Waals surface area contributed by atoms with E-state index in [4.69, 9.17) is 0 Å². The zero-order valence-electron chi connectivity index (χ0n) is 10.8. The number of carbonyl (C=O) groups is 1. The number of nitrogens with zero attached hydrogens (tertiary/aromatic N) is 1. The predicted octanol–water partition coefficient (Wildman–Crippen LogP) is 2.17. The van der Waals surface area contributed by atoms with Crippen LogP contribution in [0.3, 0.4) is 0 Å². The van der Waals surface area contributed by atoms with E-state index in [-0.39, 0.29) is 11.6 Å². The zero-order valence-corrected chi connectivity index (χ0v) is 10.8. The van der Waals surface area contributed by atoms with Crippen LogP contribution in [0.25, 0.3) is 0 Å². The van der Waals surface area contributed by atoms with Crippen LogP contribution in [0, 0.1) is 16.0 Å². The normalized spacial score (nSPS) is 13.9. The fourth-order valence-electron chi connectivity index (χ4n) is 1.82. The summed E-state index contributed by atoms with van der Waals surface area (Å²) in [6.45, 7) is 3.08. The van der Waals surface area contributed by atoms with Crippen molar-refractivity contribution < 1.29 is 9.72 Å². The number of amides is 1. The molecule has 0 atom stereocenters. The van der Waals surface area contributed by atoms with Crippen molar-refractivity contribution in [2.75, 3.05) is 18.4 Å². The van der Waals surface area contributed by atoms with Gasteiger partial charge in [-0.2, -0.15) is 0 Å². The Labute approximate surface area is 111 Å². The minimum absolute atomic E-state index is 0.00805. The van der Waals surface area contributed by atoms with Gasteiger partial charge < -0.3 is 10.6 Å². The molecule has 19 heavy (non-hydrogen) atoms. The van der Waals surface area contributed by atoms with E-state index in [1.54, 1.807) is 6.07 Å². The van der Waals surface area contributed by atoms with Gasteiger partial charge in [-0.05, 0) is 37.8 Å². The highest BCUT2D eigenvalue weighted by Crippen LogP contribution is 2.31. The molecule has 0 heterocycles. The molecule has 0 aromatic heterocycles. The van der Waals surface area contributed by atoms with Crippen LogP contribution in [0.4, 0.5) is 11.4 Å². The first-order valence-corrected chi connectivity index (χ1v) is 6.42. The van der Waals surface area contributed by atoms with Gasteiger partial charge in [-0.3, -0.25) is 14.9 Å².